The van der Waals surface area contributed by atoms with Crippen LogP contribution in [0.2, 0.25) is 0 Å². The molecular weight excluding hydrogens is 457 g/mol. The van der Waals surface area contributed by atoms with Gasteiger partial charge in [-0.1, -0.05) is 6.07 Å². The molecule has 0 N–H and O–H groups in total. The van der Waals surface area contributed by atoms with Crippen LogP contribution in [0.15, 0.2) is 41.3 Å². The van der Waals surface area contributed by atoms with Gasteiger partial charge in [0.2, 0.25) is 10.0 Å². The van der Waals surface area contributed by atoms with Crippen molar-refractivity contribution in [1.29, 1.82) is 0 Å². The lowest BCUT2D eigenvalue weighted by Gasteiger charge is -2.34. The molecule has 2 aromatic heterocycles. The van der Waals surface area contributed by atoms with E-state index in [4.69, 9.17) is 0 Å². The Hall–Kier alpha value is -2.99. The van der Waals surface area contributed by atoms with Crippen LogP contribution < -0.4 is 4.90 Å². The van der Waals surface area contributed by atoms with Crippen molar-refractivity contribution in [2.24, 2.45) is 0 Å². The molecule has 1 aliphatic heterocycles. The first-order valence-electron chi connectivity index (χ1n) is 10.3. The summed E-state index contributed by atoms with van der Waals surface area (Å²) in [6.07, 6.45) is -4.61. The summed E-state index contributed by atoms with van der Waals surface area (Å²) >= 11 is 0. The van der Waals surface area contributed by atoms with Crippen molar-refractivity contribution >= 4 is 15.8 Å². The maximum atomic E-state index is 13.0. The summed E-state index contributed by atoms with van der Waals surface area (Å²) in [5.74, 6) is 1.17. The Morgan fingerprint density at radius 1 is 0.909 bits per heavy atom. The molecule has 0 atom stereocenters. The van der Waals surface area contributed by atoms with E-state index in [0.717, 1.165) is 29.1 Å². The van der Waals surface area contributed by atoms with E-state index in [1.807, 2.05) is 25.7 Å². The zero-order valence-corrected chi connectivity index (χ0v) is 19.2. The average Bonchev–Trinajstić information content (AvgIpc) is 3.06. The molecule has 12 heteroatoms. The molecule has 1 aliphatic rings. The molecule has 176 valence electrons. The molecule has 33 heavy (non-hydrogen) atoms. The first kappa shape index (κ1) is 23.2. The van der Waals surface area contributed by atoms with Crippen LogP contribution in [0.5, 0.6) is 0 Å². The van der Waals surface area contributed by atoms with E-state index < -0.39 is 21.8 Å². The number of anilines is 1. The molecule has 1 fully saturated rings. The average molecular weight is 481 g/mol. The van der Waals surface area contributed by atoms with E-state index in [1.165, 1.54) is 10.4 Å². The standard InChI is InChI=1S/C21H23F3N6O2S/c1-14-15(2)27-30(16(14)3)20-8-7-19(25-26-20)28-9-11-29(12-10-28)33(31,32)18-6-4-5-17(13-18)21(22,23)24/h4-8,13H,9-12H2,1-3H3. The van der Waals surface area contributed by atoms with Gasteiger partial charge in [-0.15, -0.1) is 10.2 Å². The molecule has 0 aliphatic carbocycles. The molecule has 8 nitrogen and oxygen atoms in total. The monoisotopic (exact) mass is 480 g/mol. The Bertz CT molecular complexity index is 1260. The minimum absolute atomic E-state index is 0.124. The van der Waals surface area contributed by atoms with Crippen LogP contribution in [-0.2, 0) is 16.2 Å². The van der Waals surface area contributed by atoms with Crippen molar-refractivity contribution < 1.29 is 21.6 Å². The predicted molar refractivity (Wildman–Crippen MR) is 116 cm³/mol. The van der Waals surface area contributed by atoms with E-state index >= 15 is 0 Å². The molecule has 0 amide bonds. The SMILES string of the molecule is Cc1nn(-c2ccc(N3CCN(S(=O)(=O)c4cccc(C(F)(F)F)c4)CC3)nn2)c(C)c1C. The summed E-state index contributed by atoms with van der Waals surface area (Å²) in [6, 6.07) is 7.41. The van der Waals surface area contributed by atoms with Gasteiger partial charge in [0.05, 0.1) is 16.2 Å². The van der Waals surface area contributed by atoms with Crippen LogP contribution >= 0.6 is 0 Å². The summed E-state index contributed by atoms with van der Waals surface area (Å²) in [6.45, 7) is 6.79. The van der Waals surface area contributed by atoms with Crippen molar-refractivity contribution in [1.82, 2.24) is 24.3 Å². The fourth-order valence-electron chi connectivity index (χ4n) is 3.68. The number of aryl methyl sites for hydroxylation is 1. The molecule has 3 heterocycles. The minimum atomic E-state index is -4.61. The number of nitrogens with zero attached hydrogens (tertiary/aromatic N) is 6. The largest absolute Gasteiger partial charge is 0.416 e. The van der Waals surface area contributed by atoms with Crippen LogP contribution in [0.4, 0.5) is 19.0 Å². The molecule has 4 rings (SSSR count). The summed E-state index contributed by atoms with van der Waals surface area (Å²) in [4.78, 5) is 1.52. The van der Waals surface area contributed by atoms with E-state index in [0.29, 0.717) is 30.8 Å². The molecule has 0 saturated carbocycles. The fourth-order valence-corrected chi connectivity index (χ4v) is 5.15. The number of hydrogen-bond acceptors (Lipinski definition) is 6. The van der Waals surface area contributed by atoms with Crippen molar-refractivity contribution in [3.05, 3.63) is 58.9 Å². The van der Waals surface area contributed by atoms with Gasteiger partial charge in [-0.3, -0.25) is 0 Å². The molecule has 0 radical (unpaired) electrons. The van der Waals surface area contributed by atoms with Crippen molar-refractivity contribution in [2.45, 2.75) is 31.8 Å². The third-order valence-corrected chi connectivity index (χ3v) is 7.76. The van der Waals surface area contributed by atoms with E-state index in [-0.39, 0.29) is 18.0 Å². The fraction of sp³-hybridized carbons (Fsp3) is 0.381. The van der Waals surface area contributed by atoms with Crippen LogP contribution in [0, 0.1) is 20.8 Å². The lowest BCUT2D eigenvalue weighted by molar-refractivity contribution is -0.137. The van der Waals surface area contributed by atoms with Crippen LogP contribution in [0.3, 0.4) is 0 Å². The molecule has 0 spiro atoms. The highest BCUT2D eigenvalue weighted by molar-refractivity contribution is 7.89. The number of halogens is 3. The van der Waals surface area contributed by atoms with E-state index in [1.54, 1.807) is 16.8 Å². The Morgan fingerprint density at radius 3 is 2.09 bits per heavy atom. The van der Waals surface area contributed by atoms with Gasteiger partial charge in [0.15, 0.2) is 11.6 Å². The van der Waals surface area contributed by atoms with Crippen molar-refractivity contribution in [3.8, 4) is 5.82 Å². The highest BCUT2D eigenvalue weighted by Crippen LogP contribution is 2.31. The highest BCUT2D eigenvalue weighted by atomic mass is 32.2. The summed E-state index contributed by atoms with van der Waals surface area (Å²) in [7, 11) is -4.04. The van der Waals surface area contributed by atoms with Gasteiger partial charge in [0, 0.05) is 31.9 Å². The quantitative estimate of drug-likeness (QED) is 0.571. The Morgan fingerprint density at radius 2 is 1.55 bits per heavy atom. The van der Waals surface area contributed by atoms with Crippen LogP contribution in [0.25, 0.3) is 5.82 Å². The second-order valence-corrected chi connectivity index (χ2v) is 9.81. The summed E-state index contributed by atoms with van der Waals surface area (Å²) < 4.78 is 67.6. The van der Waals surface area contributed by atoms with Gasteiger partial charge < -0.3 is 4.90 Å². The van der Waals surface area contributed by atoms with Crippen molar-refractivity contribution in [3.63, 3.8) is 0 Å². The smallest absolute Gasteiger partial charge is 0.352 e. The van der Waals surface area contributed by atoms with Gasteiger partial charge in [-0.25, -0.2) is 13.1 Å². The second kappa shape index (κ2) is 8.41. The first-order chi connectivity index (χ1) is 15.5. The van der Waals surface area contributed by atoms with Crippen LogP contribution in [-0.4, -0.2) is 58.9 Å². The van der Waals surface area contributed by atoms with Gasteiger partial charge in [-0.2, -0.15) is 22.6 Å². The van der Waals surface area contributed by atoms with Gasteiger partial charge in [-0.05, 0) is 56.7 Å². The number of alkyl halides is 3. The van der Waals surface area contributed by atoms with Gasteiger partial charge in [0.25, 0.3) is 0 Å². The van der Waals surface area contributed by atoms with E-state index in [2.05, 4.69) is 15.3 Å². The third kappa shape index (κ3) is 4.44. The summed E-state index contributed by atoms with van der Waals surface area (Å²) in [5, 5.41) is 13.0. The number of piperazine rings is 1. The number of benzene rings is 1. The highest BCUT2D eigenvalue weighted by Gasteiger charge is 2.34. The predicted octanol–water partition coefficient (Wildman–Crippen LogP) is 3.12. The minimum Gasteiger partial charge on any atom is -0.352 e. The van der Waals surface area contributed by atoms with Gasteiger partial charge >= 0.3 is 6.18 Å². The number of rotatable bonds is 4. The molecule has 3 aromatic rings. The molecular formula is C21H23F3N6O2S. The Labute approximate surface area is 189 Å². The van der Waals surface area contributed by atoms with E-state index in [9.17, 15) is 21.6 Å². The lowest BCUT2D eigenvalue weighted by atomic mass is 10.2. The number of hydrogen-bond donors (Lipinski definition) is 0. The number of aromatic nitrogens is 4. The lowest BCUT2D eigenvalue weighted by Crippen LogP contribution is -2.49. The Kier molecular flexibility index (Phi) is 5.91. The summed E-state index contributed by atoms with van der Waals surface area (Å²) in [5.41, 5.74) is 1.98. The second-order valence-electron chi connectivity index (χ2n) is 7.87. The zero-order valence-electron chi connectivity index (χ0n) is 18.3. The molecule has 1 aromatic carbocycles. The van der Waals surface area contributed by atoms with Crippen LogP contribution in [0.1, 0.15) is 22.5 Å². The van der Waals surface area contributed by atoms with Crippen molar-refractivity contribution in [2.75, 3.05) is 31.1 Å². The maximum Gasteiger partial charge on any atom is 0.416 e. The maximum absolute atomic E-state index is 13.0. The normalized spacial score (nSPS) is 15.8. The Balaban J connectivity index is 1.46. The van der Waals surface area contributed by atoms with Gasteiger partial charge in [0.1, 0.15) is 0 Å². The third-order valence-electron chi connectivity index (χ3n) is 5.87. The molecule has 0 unspecified atom stereocenters. The number of sulfonamides is 1. The molecule has 1 saturated heterocycles. The molecule has 0 bridgehead atoms. The topological polar surface area (TPSA) is 84.2 Å². The first-order valence-corrected chi connectivity index (χ1v) is 11.7. The zero-order chi connectivity index (χ0) is 24.0.